The van der Waals surface area contributed by atoms with E-state index < -0.39 is 0 Å². The fraction of sp³-hybridized carbons (Fsp3) is 0.368. The largest absolute Gasteiger partial charge is 0.368 e. The molecule has 2 aromatic carbocycles. The van der Waals surface area contributed by atoms with E-state index in [1.165, 1.54) is 10.8 Å². The number of ether oxygens (including phenoxy) is 1. The highest BCUT2D eigenvalue weighted by atomic mass is 16.5. The number of rotatable bonds is 4. The van der Waals surface area contributed by atoms with Gasteiger partial charge < -0.3 is 14.2 Å². The van der Waals surface area contributed by atoms with Crippen molar-refractivity contribution in [1.29, 1.82) is 0 Å². The standard InChI is InChI=1S/C19H21N3O2/c1-22-10-8-17(9-11-22)23-13-18-20-19(21-24-18)16-7-6-14-4-2-3-5-15(14)12-16/h2-7,12,17H,8-11,13H2,1H3. The molecule has 1 aliphatic heterocycles. The molecule has 0 saturated carbocycles. The number of aromatic nitrogens is 2. The average molecular weight is 323 g/mol. The predicted octanol–water partition coefficient (Wildman–Crippen LogP) is 3.50. The summed E-state index contributed by atoms with van der Waals surface area (Å²) < 4.78 is 11.3. The third-order valence-electron chi connectivity index (χ3n) is 4.58. The number of hydrogen-bond donors (Lipinski definition) is 0. The van der Waals surface area contributed by atoms with Gasteiger partial charge in [0.2, 0.25) is 5.82 Å². The molecule has 1 saturated heterocycles. The Balaban J connectivity index is 1.43. The van der Waals surface area contributed by atoms with Crippen LogP contribution in [-0.4, -0.2) is 41.3 Å². The highest BCUT2D eigenvalue weighted by molar-refractivity contribution is 5.86. The van der Waals surface area contributed by atoms with Gasteiger partial charge in [-0.2, -0.15) is 4.98 Å². The second kappa shape index (κ2) is 6.71. The molecule has 0 amide bonds. The van der Waals surface area contributed by atoms with Crippen molar-refractivity contribution < 1.29 is 9.26 Å². The first-order valence-corrected chi connectivity index (χ1v) is 8.40. The molecule has 5 heteroatoms. The highest BCUT2D eigenvalue weighted by Gasteiger charge is 2.18. The van der Waals surface area contributed by atoms with Crippen LogP contribution < -0.4 is 0 Å². The van der Waals surface area contributed by atoms with Gasteiger partial charge in [0, 0.05) is 18.7 Å². The molecular formula is C19H21N3O2. The third kappa shape index (κ3) is 3.32. The van der Waals surface area contributed by atoms with Crippen LogP contribution in [0.2, 0.25) is 0 Å². The van der Waals surface area contributed by atoms with E-state index in [1.807, 2.05) is 18.2 Å². The Morgan fingerprint density at radius 3 is 2.75 bits per heavy atom. The molecule has 1 aromatic heterocycles. The Morgan fingerprint density at radius 1 is 1.12 bits per heavy atom. The van der Waals surface area contributed by atoms with Crippen molar-refractivity contribution in [3.63, 3.8) is 0 Å². The molecule has 0 N–H and O–H groups in total. The number of likely N-dealkylation sites (tertiary alicyclic amines) is 1. The summed E-state index contributed by atoms with van der Waals surface area (Å²) in [4.78, 5) is 6.80. The van der Waals surface area contributed by atoms with E-state index in [4.69, 9.17) is 9.26 Å². The molecule has 5 nitrogen and oxygen atoms in total. The first kappa shape index (κ1) is 15.3. The summed E-state index contributed by atoms with van der Waals surface area (Å²) in [6, 6.07) is 14.4. The summed E-state index contributed by atoms with van der Waals surface area (Å²) in [5, 5.41) is 6.47. The Kier molecular flexibility index (Phi) is 4.28. The van der Waals surface area contributed by atoms with E-state index in [-0.39, 0.29) is 6.10 Å². The van der Waals surface area contributed by atoms with Gasteiger partial charge in [0.05, 0.1) is 6.10 Å². The van der Waals surface area contributed by atoms with Gasteiger partial charge in [0.1, 0.15) is 6.61 Å². The molecule has 0 bridgehead atoms. The summed E-state index contributed by atoms with van der Waals surface area (Å²) in [6.45, 7) is 2.54. The van der Waals surface area contributed by atoms with Crippen LogP contribution in [0.3, 0.4) is 0 Å². The van der Waals surface area contributed by atoms with Crippen LogP contribution in [0.15, 0.2) is 47.0 Å². The number of nitrogens with zero attached hydrogens (tertiary/aromatic N) is 3. The van der Waals surface area contributed by atoms with E-state index in [2.05, 4.69) is 46.4 Å². The van der Waals surface area contributed by atoms with Crippen molar-refractivity contribution in [3.8, 4) is 11.4 Å². The molecule has 0 unspecified atom stereocenters. The summed E-state index contributed by atoms with van der Waals surface area (Å²) in [5.41, 5.74) is 0.961. The minimum atomic E-state index is 0.289. The van der Waals surface area contributed by atoms with Gasteiger partial charge in [-0.1, -0.05) is 41.6 Å². The fourth-order valence-electron chi connectivity index (χ4n) is 3.10. The lowest BCUT2D eigenvalue weighted by Gasteiger charge is -2.28. The fourth-order valence-corrected chi connectivity index (χ4v) is 3.10. The van der Waals surface area contributed by atoms with E-state index in [0.29, 0.717) is 18.3 Å². The molecule has 1 fully saturated rings. The zero-order chi connectivity index (χ0) is 16.4. The van der Waals surface area contributed by atoms with Gasteiger partial charge in [-0.25, -0.2) is 0 Å². The van der Waals surface area contributed by atoms with Gasteiger partial charge >= 0.3 is 0 Å². The summed E-state index contributed by atoms with van der Waals surface area (Å²) in [5.74, 6) is 1.15. The van der Waals surface area contributed by atoms with Crippen molar-refractivity contribution in [2.45, 2.75) is 25.6 Å². The van der Waals surface area contributed by atoms with Gasteiger partial charge in [-0.05, 0) is 36.7 Å². The number of benzene rings is 2. The molecule has 2 heterocycles. The summed E-state index contributed by atoms with van der Waals surface area (Å²) >= 11 is 0. The van der Waals surface area contributed by atoms with Crippen LogP contribution in [0.25, 0.3) is 22.2 Å². The SMILES string of the molecule is CN1CCC(OCc2nc(-c3ccc4ccccc4c3)no2)CC1. The van der Waals surface area contributed by atoms with Crippen LogP contribution >= 0.6 is 0 Å². The highest BCUT2D eigenvalue weighted by Crippen LogP contribution is 2.23. The molecule has 3 aromatic rings. The lowest BCUT2D eigenvalue weighted by molar-refractivity contribution is -0.00830. The van der Waals surface area contributed by atoms with Crippen LogP contribution in [0.5, 0.6) is 0 Å². The summed E-state index contributed by atoms with van der Waals surface area (Å²) in [7, 11) is 2.14. The van der Waals surface area contributed by atoms with Crippen molar-refractivity contribution in [3.05, 3.63) is 48.4 Å². The molecule has 0 aliphatic carbocycles. The molecular weight excluding hydrogens is 302 g/mol. The zero-order valence-corrected chi connectivity index (χ0v) is 13.8. The Labute approximate surface area is 141 Å². The molecule has 0 spiro atoms. The van der Waals surface area contributed by atoms with Crippen LogP contribution in [-0.2, 0) is 11.3 Å². The third-order valence-corrected chi connectivity index (χ3v) is 4.58. The summed E-state index contributed by atoms with van der Waals surface area (Å²) in [6.07, 6.45) is 2.40. The maximum Gasteiger partial charge on any atom is 0.252 e. The second-order valence-electron chi connectivity index (χ2n) is 6.39. The first-order chi connectivity index (χ1) is 11.8. The zero-order valence-electron chi connectivity index (χ0n) is 13.8. The van der Waals surface area contributed by atoms with Crippen molar-refractivity contribution in [2.75, 3.05) is 20.1 Å². The van der Waals surface area contributed by atoms with Crippen molar-refractivity contribution in [1.82, 2.24) is 15.0 Å². The average Bonchev–Trinajstić information content (AvgIpc) is 3.10. The normalized spacial score (nSPS) is 16.7. The topological polar surface area (TPSA) is 51.4 Å². The van der Waals surface area contributed by atoms with E-state index in [9.17, 15) is 0 Å². The molecule has 1 aliphatic rings. The van der Waals surface area contributed by atoms with Gasteiger partial charge in [0.25, 0.3) is 5.89 Å². The lowest BCUT2D eigenvalue weighted by Crippen LogP contribution is -2.34. The molecule has 0 atom stereocenters. The molecule has 124 valence electrons. The van der Waals surface area contributed by atoms with Crippen LogP contribution in [0, 0.1) is 0 Å². The van der Waals surface area contributed by atoms with E-state index in [1.54, 1.807) is 0 Å². The maximum atomic E-state index is 5.91. The molecule has 24 heavy (non-hydrogen) atoms. The predicted molar refractivity (Wildman–Crippen MR) is 92.5 cm³/mol. The monoisotopic (exact) mass is 323 g/mol. The van der Waals surface area contributed by atoms with E-state index >= 15 is 0 Å². The minimum absolute atomic E-state index is 0.289. The lowest BCUT2D eigenvalue weighted by atomic mass is 10.1. The smallest absolute Gasteiger partial charge is 0.252 e. The van der Waals surface area contributed by atoms with Crippen LogP contribution in [0.1, 0.15) is 18.7 Å². The number of hydrogen-bond acceptors (Lipinski definition) is 5. The van der Waals surface area contributed by atoms with Crippen molar-refractivity contribution in [2.24, 2.45) is 0 Å². The number of fused-ring (bicyclic) bond motifs is 1. The minimum Gasteiger partial charge on any atom is -0.368 e. The number of piperidine rings is 1. The Hall–Kier alpha value is -2.24. The van der Waals surface area contributed by atoms with Gasteiger partial charge in [-0.3, -0.25) is 0 Å². The first-order valence-electron chi connectivity index (χ1n) is 8.40. The maximum absolute atomic E-state index is 5.91. The molecule has 0 radical (unpaired) electrons. The van der Waals surface area contributed by atoms with Gasteiger partial charge in [-0.15, -0.1) is 0 Å². The second-order valence-corrected chi connectivity index (χ2v) is 6.39. The Bertz CT molecular complexity index is 822. The Morgan fingerprint density at radius 2 is 1.92 bits per heavy atom. The van der Waals surface area contributed by atoms with E-state index in [0.717, 1.165) is 31.5 Å². The van der Waals surface area contributed by atoms with Crippen molar-refractivity contribution >= 4 is 10.8 Å². The molecule has 4 rings (SSSR count). The van der Waals surface area contributed by atoms with Crippen LogP contribution in [0.4, 0.5) is 0 Å². The van der Waals surface area contributed by atoms with Gasteiger partial charge in [0.15, 0.2) is 0 Å². The quantitative estimate of drug-likeness (QED) is 0.735.